The number of rotatable bonds is 3. The van der Waals surface area contributed by atoms with Gasteiger partial charge in [-0.25, -0.2) is 0 Å². The summed E-state index contributed by atoms with van der Waals surface area (Å²) in [4.78, 5) is 27.4. The molecule has 6 nitrogen and oxygen atoms in total. The fourth-order valence-electron chi connectivity index (χ4n) is 3.10. The summed E-state index contributed by atoms with van der Waals surface area (Å²) in [6.07, 6.45) is 0. The third kappa shape index (κ3) is 3.71. The van der Waals surface area contributed by atoms with Crippen LogP contribution in [0, 0.1) is 0 Å². The van der Waals surface area contributed by atoms with Gasteiger partial charge in [-0.2, -0.15) is 0 Å². The van der Waals surface area contributed by atoms with E-state index in [4.69, 9.17) is 32.4 Å². The minimum Gasteiger partial charge on any atom is -0.449 e. The largest absolute Gasteiger partial charge is 0.449 e. The van der Waals surface area contributed by atoms with Gasteiger partial charge < -0.3 is 19.4 Å². The number of para-hydroxylation sites is 1. The molecule has 28 heavy (non-hydrogen) atoms. The molecule has 0 bridgehead atoms. The first kappa shape index (κ1) is 18.8. The molecule has 4 rings (SSSR count). The van der Waals surface area contributed by atoms with Crippen LogP contribution in [0.25, 0.3) is 11.0 Å². The van der Waals surface area contributed by atoms with Gasteiger partial charge in [0.25, 0.3) is 11.8 Å². The zero-order valence-electron chi connectivity index (χ0n) is 14.7. The molecular weight excluding hydrogens is 403 g/mol. The molecule has 3 aromatic rings. The quantitative estimate of drug-likeness (QED) is 0.680. The lowest BCUT2D eigenvalue weighted by molar-refractivity contribution is 0.0285. The molecule has 8 heteroatoms. The second kappa shape index (κ2) is 7.83. The Morgan fingerprint density at radius 2 is 1.68 bits per heavy atom. The Kier molecular flexibility index (Phi) is 5.26. The van der Waals surface area contributed by atoms with E-state index in [2.05, 4.69) is 5.32 Å². The van der Waals surface area contributed by atoms with Gasteiger partial charge in [-0.15, -0.1) is 0 Å². The van der Waals surface area contributed by atoms with Gasteiger partial charge in [0.05, 0.1) is 13.2 Å². The summed E-state index contributed by atoms with van der Waals surface area (Å²) in [6, 6.07) is 11.7. The van der Waals surface area contributed by atoms with Crippen molar-refractivity contribution in [1.82, 2.24) is 4.90 Å². The molecule has 2 amide bonds. The molecule has 144 valence electrons. The summed E-state index contributed by atoms with van der Waals surface area (Å²) in [7, 11) is 0. The molecule has 1 saturated heterocycles. The molecular formula is C20H16Cl2N2O4. The summed E-state index contributed by atoms with van der Waals surface area (Å²) in [6.45, 7) is 1.86. The monoisotopic (exact) mass is 418 g/mol. The number of anilines is 1. The second-order valence-corrected chi connectivity index (χ2v) is 7.19. The number of hydrogen-bond acceptors (Lipinski definition) is 4. The number of benzene rings is 2. The molecule has 1 aliphatic heterocycles. The lowest BCUT2D eigenvalue weighted by atomic mass is 10.1. The standard InChI is InChI=1S/C20H16Cl2N2O4/c21-13-9-12(10-14(22)11-13)19(25)23-17-15-3-1-2-4-16(15)28-18(17)20(26)24-5-7-27-8-6-24/h1-4,9-11H,5-8H2,(H,23,25). The molecule has 0 spiro atoms. The van der Waals surface area contributed by atoms with Gasteiger partial charge in [-0.05, 0) is 30.3 Å². The molecule has 0 radical (unpaired) electrons. The van der Waals surface area contributed by atoms with Gasteiger partial charge in [0.1, 0.15) is 11.3 Å². The van der Waals surface area contributed by atoms with E-state index in [1.54, 1.807) is 29.2 Å². The predicted octanol–water partition coefficient (Wildman–Crippen LogP) is 4.46. The molecule has 2 aromatic carbocycles. The number of carbonyl (C=O) groups is 2. The first-order chi connectivity index (χ1) is 13.5. The van der Waals surface area contributed by atoms with Crippen molar-refractivity contribution in [2.75, 3.05) is 31.6 Å². The van der Waals surface area contributed by atoms with Crippen LogP contribution in [0.4, 0.5) is 5.69 Å². The number of nitrogens with zero attached hydrogens (tertiary/aromatic N) is 1. The van der Waals surface area contributed by atoms with E-state index < -0.39 is 5.91 Å². The zero-order chi connectivity index (χ0) is 19.7. The van der Waals surface area contributed by atoms with Crippen molar-refractivity contribution < 1.29 is 18.7 Å². The topological polar surface area (TPSA) is 71.8 Å². The summed E-state index contributed by atoms with van der Waals surface area (Å²) < 4.78 is 11.1. The third-order valence-corrected chi connectivity index (χ3v) is 4.89. The maximum atomic E-state index is 13.0. The van der Waals surface area contributed by atoms with Crippen LogP contribution in [-0.2, 0) is 4.74 Å². The van der Waals surface area contributed by atoms with Gasteiger partial charge in [-0.3, -0.25) is 9.59 Å². The Morgan fingerprint density at radius 1 is 1.00 bits per heavy atom. The van der Waals surface area contributed by atoms with Crippen LogP contribution in [0.15, 0.2) is 46.9 Å². The Labute approximate surface area is 171 Å². The molecule has 1 fully saturated rings. The van der Waals surface area contributed by atoms with Crippen molar-refractivity contribution in [3.05, 3.63) is 63.8 Å². The smallest absolute Gasteiger partial charge is 0.291 e. The van der Waals surface area contributed by atoms with E-state index in [9.17, 15) is 9.59 Å². The lowest BCUT2D eigenvalue weighted by Gasteiger charge is -2.26. The van der Waals surface area contributed by atoms with Crippen molar-refractivity contribution in [3.63, 3.8) is 0 Å². The summed E-state index contributed by atoms with van der Waals surface area (Å²) in [5.41, 5.74) is 1.12. The number of halogens is 2. The van der Waals surface area contributed by atoms with Crippen LogP contribution < -0.4 is 5.32 Å². The fourth-order valence-corrected chi connectivity index (χ4v) is 3.63. The normalized spacial score (nSPS) is 14.3. The number of furan rings is 1. The molecule has 1 aromatic heterocycles. The highest BCUT2D eigenvalue weighted by Crippen LogP contribution is 2.32. The highest BCUT2D eigenvalue weighted by Gasteiger charge is 2.27. The van der Waals surface area contributed by atoms with Crippen LogP contribution in [0.2, 0.25) is 10.0 Å². The van der Waals surface area contributed by atoms with Crippen LogP contribution in [0.5, 0.6) is 0 Å². The lowest BCUT2D eigenvalue weighted by Crippen LogP contribution is -2.40. The highest BCUT2D eigenvalue weighted by molar-refractivity contribution is 6.35. The van der Waals surface area contributed by atoms with Crippen LogP contribution in [-0.4, -0.2) is 43.0 Å². The first-order valence-corrected chi connectivity index (χ1v) is 9.44. The number of morpholine rings is 1. The molecule has 0 aliphatic carbocycles. The summed E-state index contributed by atoms with van der Waals surface area (Å²) in [5, 5.41) is 4.13. The Hall–Kier alpha value is -2.54. The number of ether oxygens (including phenoxy) is 1. The average molecular weight is 419 g/mol. The van der Waals surface area contributed by atoms with E-state index >= 15 is 0 Å². The Balaban J connectivity index is 1.72. The fraction of sp³-hybridized carbons (Fsp3) is 0.200. The SMILES string of the molecule is O=C(Nc1c(C(=O)N2CCOCC2)oc2ccccc12)c1cc(Cl)cc(Cl)c1. The van der Waals surface area contributed by atoms with E-state index in [0.29, 0.717) is 53.0 Å². The molecule has 0 unspecified atom stereocenters. The van der Waals surface area contributed by atoms with Crippen molar-refractivity contribution in [2.45, 2.75) is 0 Å². The van der Waals surface area contributed by atoms with Gasteiger partial charge in [0.2, 0.25) is 5.76 Å². The maximum absolute atomic E-state index is 13.0. The highest BCUT2D eigenvalue weighted by atomic mass is 35.5. The molecule has 2 heterocycles. The molecule has 0 saturated carbocycles. The molecule has 1 aliphatic rings. The molecule has 1 N–H and O–H groups in total. The van der Waals surface area contributed by atoms with E-state index in [0.717, 1.165) is 0 Å². The minimum atomic E-state index is -0.438. The zero-order valence-corrected chi connectivity index (χ0v) is 16.2. The van der Waals surface area contributed by atoms with E-state index in [1.165, 1.54) is 12.1 Å². The van der Waals surface area contributed by atoms with Crippen LogP contribution in [0.1, 0.15) is 20.9 Å². The van der Waals surface area contributed by atoms with Crippen LogP contribution in [0.3, 0.4) is 0 Å². The van der Waals surface area contributed by atoms with Gasteiger partial charge in [-0.1, -0.05) is 35.3 Å². The number of hydrogen-bond donors (Lipinski definition) is 1. The van der Waals surface area contributed by atoms with Crippen molar-refractivity contribution >= 4 is 51.7 Å². The first-order valence-electron chi connectivity index (χ1n) is 8.69. The summed E-state index contributed by atoms with van der Waals surface area (Å²) in [5.74, 6) is -0.643. The number of amides is 2. The Morgan fingerprint density at radius 3 is 2.39 bits per heavy atom. The predicted molar refractivity (Wildman–Crippen MR) is 107 cm³/mol. The Bertz CT molecular complexity index is 1040. The summed E-state index contributed by atoms with van der Waals surface area (Å²) >= 11 is 12.0. The van der Waals surface area contributed by atoms with Crippen molar-refractivity contribution in [2.24, 2.45) is 0 Å². The average Bonchev–Trinajstić information content (AvgIpc) is 3.06. The minimum absolute atomic E-state index is 0.0876. The van der Waals surface area contributed by atoms with E-state index in [1.807, 2.05) is 6.07 Å². The van der Waals surface area contributed by atoms with Crippen molar-refractivity contribution in [1.29, 1.82) is 0 Å². The van der Waals surface area contributed by atoms with E-state index in [-0.39, 0.29) is 17.2 Å². The van der Waals surface area contributed by atoms with Gasteiger partial charge >= 0.3 is 0 Å². The number of fused-ring (bicyclic) bond motifs is 1. The van der Waals surface area contributed by atoms with Gasteiger partial charge in [0.15, 0.2) is 0 Å². The number of carbonyl (C=O) groups excluding carboxylic acids is 2. The third-order valence-electron chi connectivity index (χ3n) is 4.45. The van der Waals surface area contributed by atoms with Crippen LogP contribution >= 0.6 is 23.2 Å². The maximum Gasteiger partial charge on any atom is 0.291 e. The number of nitrogens with one attached hydrogen (secondary N) is 1. The molecule has 0 atom stereocenters. The second-order valence-electron chi connectivity index (χ2n) is 6.32. The van der Waals surface area contributed by atoms with Gasteiger partial charge in [0, 0.05) is 34.1 Å². The van der Waals surface area contributed by atoms with Crippen molar-refractivity contribution in [3.8, 4) is 0 Å².